The van der Waals surface area contributed by atoms with Crippen LogP contribution in [0, 0.1) is 37.5 Å². The third kappa shape index (κ3) is 7.00. The van der Waals surface area contributed by atoms with Crippen molar-refractivity contribution < 1.29 is 19.7 Å². The van der Waals surface area contributed by atoms with Gasteiger partial charge >= 0.3 is 0 Å². The molecule has 5 heteroatoms. The van der Waals surface area contributed by atoms with Gasteiger partial charge in [0.25, 0.3) is 0 Å². The Morgan fingerprint density at radius 3 is 1.90 bits per heavy atom. The molecule has 1 aromatic rings. The summed E-state index contributed by atoms with van der Waals surface area (Å²) in [5.74, 6) is 6.38. The predicted octanol–water partition coefficient (Wildman–Crippen LogP) is 4.58. The third-order valence-corrected chi connectivity index (χ3v) is 6.05. The van der Waals surface area contributed by atoms with Crippen LogP contribution in [0.25, 0.3) is 0 Å². The topological polar surface area (TPSA) is 75.6 Å². The van der Waals surface area contributed by atoms with E-state index >= 15 is 0 Å². The van der Waals surface area contributed by atoms with Crippen molar-refractivity contribution >= 4 is 11.6 Å². The monoisotopic (exact) mass is 427 g/mol. The number of hydrogen-bond acceptors (Lipinski definition) is 5. The average Bonchev–Trinajstić information content (AvgIpc) is 2.70. The fraction of sp³-hybridized carbons (Fsp3) is 0.615. The van der Waals surface area contributed by atoms with Crippen molar-refractivity contribution in [3.63, 3.8) is 0 Å². The van der Waals surface area contributed by atoms with Crippen LogP contribution in [0.2, 0.25) is 0 Å². The van der Waals surface area contributed by atoms with Gasteiger partial charge in [0.05, 0.1) is 5.60 Å². The van der Waals surface area contributed by atoms with E-state index in [9.17, 15) is 9.59 Å². The first-order valence-electron chi connectivity index (χ1n) is 11.2. The number of piperidine rings is 1. The minimum atomic E-state index is -0.568. The van der Waals surface area contributed by atoms with Crippen LogP contribution >= 0.6 is 0 Å². The normalized spacial score (nSPS) is 22.3. The summed E-state index contributed by atoms with van der Waals surface area (Å²) in [5, 5.41) is 11.3. The van der Waals surface area contributed by atoms with Crippen molar-refractivity contribution in [1.82, 2.24) is 5.32 Å². The minimum Gasteiger partial charge on any atom is -0.317 e. The maximum Gasteiger partial charge on any atom is 0.148 e. The molecule has 5 nitrogen and oxygen atoms in total. The second-order valence-electron chi connectivity index (χ2n) is 9.72. The number of carbonyl (C=O) groups is 2. The Kier molecular flexibility index (Phi) is 9.00. The molecule has 2 aliphatic rings. The lowest BCUT2D eigenvalue weighted by molar-refractivity contribution is -0.306. The van der Waals surface area contributed by atoms with Gasteiger partial charge < -0.3 is 5.32 Å². The van der Waals surface area contributed by atoms with Gasteiger partial charge in [0, 0.05) is 18.4 Å². The molecule has 3 rings (SSSR count). The van der Waals surface area contributed by atoms with Crippen molar-refractivity contribution in [2.24, 2.45) is 11.8 Å². The van der Waals surface area contributed by atoms with Crippen LogP contribution in [0.3, 0.4) is 0 Å². The standard InChI is InChI=1S/C22H27NO2.C4H10O2/c1-4-5-16-10-14(2)21(15(3)11-16)22-19(24)12-18(13-20(22)25)17-6-8-23-9-7-17;1-4(2,3)6-5/h10-11,17-18,22-23H,6-9,12-13H2,1-3H3;5H,1-3H3. The van der Waals surface area contributed by atoms with Crippen LogP contribution in [0.15, 0.2) is 12.1 Å². The van der Waals surface area contributed by atoms with Gasteiger partial charge in [0.2, 0.25) is 0 Å². The van der Waals surface area contributed by atoms with E-state index in [1.807, 2.05) is 32.9 Å². The molecule has 0 unspecified atom stereocenters. The van der Waals surface area contributed by atoms with Gasteiger partial charge in [-0.05, 0) is 108 Å². The summed E-state index contributed by atoms with van der Waals surface area (Å²) in [7, 11) is 0. The molecule has 31 heavy (non-hydrogen) atoms. The fourth-order valence-electron chi connectivity index (χ4n) is 4.62. The number of benzene rings is 1. The summed E-state index contributed by atoms with van der Waals surface area (Å²) in [6.45, 7) is 13.1. The molecule has 170 valence electrons. The van der Waals surface area contributed by atoms with Crippen LogP contribution in [0.5, 0.6) is 0 Å². The first kappa shape index (κ1) is 25.3. The summed E-state index contributed by atoms with van der Waals surface area (Å²) in [4.78, 5) is 29.8. The molecule has 1 heterocycles. The molecular weight excluding hydrogens is 390 g/mol. The molecule has 1 aromatic carbocycles. The zero-order valence-corrected chi connectivity index (χ0v) is 19.8. The van der Waals surface area contributed by atoms with Crippen LogP contribution < -0.4 is 5.32 Å². The van der Waals surface area contributed by atoms with Crippen LogP contribution in [0.4, 0.5) is 0 Å². The summed E-state index contributed by atoms with van der Waals surface area (Å²) in [5.41, 5.74) is 3.47. The highest BCUT2D eigenvalue weighted by Gasteiger charge is 2.40. The number of hydrogen-bond donors (Lipinski definition) is 2. The Balaban J connectivity index is 0.000000501. The van der Waals surface area contributed by atoms with Gasteiger partial charge in [-0.2, -0.15) is 0 Å². The highest BCUT2D eigenvalue weighted by Crippen LogP contribution is 2.39. The quantitative estimate of drug-likeness (QED) is 0.313. The lowest BCUT2D eigenvalue weighted by Gasteiger charge is -2.35. The number of nitrogens with one attached hydrogen (secondary N) is 1. The van der Waals surface area contributed by atoms with Gasteiger partial charge in [-0.1, -0.05) is 5.92 Å². The lowest BCUT2D eigenvalue weighted by atomic mass is 9.69. The largest absolute Gasteiger partial charge is 0.317 e. The lowest BCUT2D eigenvalue weighted by Crippen LogP contribution is -2.39. The smallest absolute Gasteiger partial charge is 0.148 e. The van der Waals surface area contributed by atoms with E-state index in [-0.39, 0.29) is 17.5 Å². The summed E-state index contributed by atoms with van der Waals surface area (Å²) < 4.78 is 0. The van der Waals surface area contributed by atoms with Gasteiger partial charge in [-0.3, -0.25) is 14.8 Å². The molecule has 0 radical (unpaired) electrons. The highest BCUT2D eigenvalue weighted by atomic mass is 17.1. The van der Waals surface area contributed by atoms with E-state index in [1.165, 1.54) is 0 Å². The number of Topliss-reactive ketones (excluding diaryl/α,β-unsaturated/α-hetero) is 2. The van der Waals surface area contributed by atoms with Gasteiger partial charge in [-0.15, -0.1) is 5.92 Å². The SMILES string of the molecule is CC#Cc1cc(C)c(C2C(=O)CC(C3CCNCC3)CC2=O)c(C)c1.CC(C)(C)OO. The average molecular weight is 428 g/mol. The Morgan fingerprint density at radius 2 is 1.48 bits per heavy atom. The van der Waals surface area contributed by atoms with Crippen molar-refractivity contribution in [1.29, 1.82) is 0 Å². The minimum absolute atomic E-state index is 0.111. The third-order valence-electron chi connectivity index (χ3n) is 6.05. The number of rotatable bonds is 2. The molecule has 0 spiro atoms. The molecule has 1 aliphatic heterocycles. The number of carbonyl (C=O) groups excluding carboxylic acids is 2. The zero-order valence-electron chi connectivity index (χ0n) is 19.8. The van der Waals surface area contributed by atoms with Gasteiger partial charge in [0.15, 0.2) is 0 Å². The summed E-state index contributed by atoms with van der Waals surface area (Å²) >= 11 is 0. The molecule has 2 fully saturated rings. The Morgan fingerprint density at radius 1 is 1.00 bits per heavy atom. The van der Waals surface area contributed by atoms with Crippen molar-refractivity contribution in [3.8, 4) is 11.8 Å². The fourth-order valence-corrected chi connectivity index (χ4v) is 4.62. The van der Waals surface area contributed by atoms with E-state index in [2.05, 4.69) is 22.0 Å². The first-order valence-corrected chi connectivity index (χ1v) is 11.2. The summed E-state index contributed by atoms with van der Waals surface area (Å²) in [6, 6.07) is 4.00. The maximum atomic E-state index is 12.9. The van der Waals surface area contributed by atoms with E-state index in [0.717, 1.165) is 48.2 Å². The van der Waals surface area contributed by atoms with Crippen LogP contribution in [0.1, 0.15) is 81.5 Å². The van der Waals surface area contributed by atoms with E-state index in [4.69, 9.17) is 5.26 Å². The molecule has 2 N–H and O–H groups in total. The Hall–Kier alpha value is -2.00. The molecule has 0 bridgehead atoms. The van der Waals surface area contributed by atoms with Gasteiger partial charge in [-0.25, -0.2) is 4.89 Å². The molecular formula is C26H37NO4. The summed E-state index contributed by atoms with van der Waals surface area (Å²) in [6.07, 6.45) is 3.27. The van der Waals surface area contributed by atoms with Crippen molar-refractivity contribution in [2.45, 2.75) is 78.7 Å². The predicted molar refractivity (Wildman–Crippen MR) is 123 cm³/mol. The molecule has 0 atom stereocenters. The highest BCUT2D eigenvalue weighted by molar-refractivity contribution is 6.10. The van der Waals surface area contributed by atoms with Crippen LogP contribution in [-0.2, 0) is 14.5 Å². The molecule has 0 amide bonds. The second-order valence-corrected chi connectivity index (χ2v) is 9.72. The zero-order chi connectivity index (χ0) is 23.2. The maximum absolute atomic E-state index is 12.9. The Labute approximate surface area is 186 Å². The number of aryl methyl sites for hydroxylation is 2. The van der Waals surface area contributed by atoms with Crippen molar-refractivity contribution in [3.05, 3.63) is 34.4 Å². The van der Waals surface area contributed by atoms with Gasteiger partial charge in [0.1, 0.15) is 17.5 Å². The van der Waals surface area contributed by atoms with Crippen molar-refractivity contribution in [2.75, 3.05) is 13.1 Å². The first-order chi connectivity index (χ1) is 14.6. The second kappa shape index (κ2) is 11.0. The molecule has 1 saturated carbocycles. The number of ketones is 2. The Bertz CT molecular complexity index is 809. The van der Waals surface area contributed by atoms with E-state index in [0.29, 0.717) is 18.8 Å². The van der Waals surface area contributed by atoms with E-state index in [1.54, 1.807) is 20.8 Å². The molecule has 1 saturated heterocycles. The van der Waals surface area contributed by atoms with Crippen LogP contribution in [-0.4, -0.2) is 35.5 Å². The van der Waals surface area contributed by atoms with E-state index < -0.39 is 11.5 Å². The molecule has 1 aliphatic carbocycles. The molecule has 0 aromatic heterocycles.